The highest BCUT2D eigenvalue weighted by molar-refractivity contribution is 6.31. The van der Waals surface area contributed by atoms with Gasteiger partial charge in [-0.2, -0.15) is 0 Å². The highest BCUT2D eigenvalue weighted by Gasteiger charge is 2.22. The molecule has 1 heterocycles. The van der Waals surface area contributed by atoms with Crippen LogP contribution >= 0.6 is 11.6 Å². The summed E-state index contributed by atoms with van der Waals surface area (Å²) in [6, 6.07) is 8.23. The highest BCUT2D eigenvalue weighted by Crippen LogP contribution is 2.19. The van der Waals surface area contributed by atoms with E-state index in [4.69, 9.17) is 11.6 Å². The van der Waals surface area contributed by atoms with Crippen LogP contribution in [0.2, 0.25) is 5.02 Å². The van der Waals surface area contributed by atoms with Crippen LogP contribution in [0.4, 0.5) is 0 Å². The summed E-state index contributed by atoms with van der Waals surface area (Å²) in [4.78, 5) is 14.2. The Labute approximate surface area is 126 Å². The largest absolute Gasteiger partial charge is 0.352 e. The van der Waals surface area contributed by atoms with E-state index in [0.29, 0.717) is 0 Å². The number of likely N-dealkylation sites (tertiary alicyclic amines) is 1. The van der Waals surface area contributed by atoms with Gasteiger partial charge in [-0.05, 0) is 31.0 Å². The number of piperidine rings is 1. The van der Waals surface area contributed by atoms with Gasteiger partial charge in [-0.3, -0.25) is 9.69 Å². The Morgan fingerprint density at radius 2 is 2.20 bits per heavy atom. The summed E-state index contributed by atoms with van der Waals surface area (Å²) >= 11 is 6.21. The third kappa shape index (κ3) is 4.22. The molecular formula is C16H23ClN2O. The molecule has 1 N–H and O–H groups in total. The predicted molar refractivity (Wildman–Crippen MR) is 82.7 cm³/mol. The Balaban J connectivity index is 1.91. The fourth-order valence-corrected chi connectivity index (χ4v) is 2.75. The molecule has 4 heteroatoms. The molecule has 1 unspecified atom stereocenters. The minimum Gasteiger partial charge on any atom is -0.352 e. The molecule has 1 fully saturated rings. The van der Waals surface area contributed by atoms with E-state index >= 15 is 0 Å². The van der Waals surface area contributed by atoms with Crippen LogP contribution in [0, 0.1) is 5.92 Å². The van der Waals surface area contributed by atoms with Crippen molar-refractivity contribution in [3.63, 3.8) is 0 Å². The zero-order valence-electron chi connectivity index (χ0n) is 12.2. The van der Waals surface area contributed by atoms with E-state index in [1.165, 1.54) is 0 Å². The Morgan fingerprint density at radius 1 is 1.45 bits per heavy atom. The molecule has 0 bridgehead atoms. The van der Waals surface area contributed by atoms with Gasteiger partial charge in [0.15, 0.2) is 0 Å². The van der Waals surface area contributed by atoms with E-state index in [-0.39, 0.29) is 17.9 Å². The van der Waals surface area contributed by atoms with Gasteiger partial charge < -0.3 is 5.32 Å². The smallest absolute Gasteiger partial charge is 0.222 e. The topological polar surface area (TPSA) is 32.3 Å². The van der Waals surface area contributed by atoms with Gasteiger partial charge in [-0.25, -0.2) is 0 Å². The number of hydrogen-bond acceptors (Lipinski definition) is 2. The number of hydrogen-bond donors (Lipinski definition) is 1. The summed E-state index contributed by atoms with van der Waals surface area (Å²) in [6.45, 7) is 6.69. The van der Waals surface area contributed by atoms with E-state index in [0.717, 1.165) is 43.1 Å². The van der Waals surface area contributed by atoms with E-state index < -0.39 is 0 Å². The van der Waals surface area contributed by atoms with Gasteiger partial charge in [0, 0.05) is 30.1 Å². The average Bonchev–Trinajstić information content (AvgIpc) is 2.42. The first-order chi connectivity index (χ1) is 9.56. The number of halogens is 1. The van der Waals surface area contributed by atoms with Crippen LogP contribution in [-0.4, -0.2) is 29.9 Å². The van der Waals surface area contributed by atoms with Gasteiger partial charge in [0.05, 0.1) is 0 Å². The molecule has 1 saturated heterocycles. The van der Waals surface area contributed by atoms with Gasteiger partial charge in [-0.15, -0.1) is 0 Å². The van der Waals surface area contributed by atoms with Gasteiger partial charge in [-0.1, -0.05) is 43.6 Å². The van der Waals surface area contributed by atoms with Gasteiger partial charge in [0.2, 0.25) is 5.91 Å². The molecule has 1 aromatic carbocycles. The van der Waals surface area contributed by atoms with Crippen LogP contribution in [0.15, 0.2) is 24.3 Å². The summed E-state index contributed by atoms with van der Waals surface area (Å²) in [5.74, 6) is 0.198. The number of rotatable bonds is 4. The maximum atomic E-state index is 11.8. The molecule has 110 valence electrons. The van der Waals surface area contributed by atoms with Crippen molar-refractivity contribution in [3.05, 3.63) is 34.9 Å². The fraction of sp³-hybridized carbons (Fsp3) is 0.562. The van der Waals surface area contributed by atoms with E-state index in [1.54, 1.807) is 0 Å². The fourth-order valence-electron chi connectivity index (χ4n) is 2.55. The Bertz CT molecular complexity index is 462. The van der Waals surface area contributed by atoms with Crippen LogP contribution in [0.1, 0.15) is 32.3 Å². The lowest BCUT2D eigenvalue weighted by Crippen LogP contribution is -2.48. The zero-order valence-corrected chi connectivity index (χ0v) is 13.0. The second-order valence-corrected chi connectivity index (χ2v) is 6.24. The summed E-state index contributed by atoms with van der Waals surface area (Å²) in [7, 11) is 0. The quantitative estimate of drug-likeness (QED) is 0.925. The number of carbonyl (C=O) groups excluding carboxylic acids is 1. The number of amides is 1. The third-order valence-corrected chi connectivity index (χ3v) is 4.10. The van der Waals surface area contributed by atoms with Crippen molar-refractivity contribution in [2.24, 2.45) is 5.92 Å². The summed E-state index contributed by atoms with van der Waals surface area (Å²) in [5.41, 5.74) is 1.16. The predicted octanol–water partition coefficient (Wildman–Crippen LogP) is 3.08. The maximum Gasteiger partial charge on any atom is 0.222 e. The van der Waals surface area contributed by atoms with E-state index in [1.807, 2.05) is 32.0 Å². The lowest BCUT2D eigenvalue weighted by molar-refractivity contribution is -0.125. The molecule has 1 atom stereocenters. The SMILES string of the molecule is CC(C)C(=O)NC1CCCN(Cc2ccccc2Cl)C1. The summed E-state index contributed by atoms with van der Waals surface area (Å²) in [5, 5.41) is 3.96. The molecule has 1 aromatic rings. The molecule has 1 aliphatic heterocycles. The maximum absolute atomic E-state index is 11.8. The van der Waals surface area contributed by atoms with Crippen molar-refractivity contribution in [3.8, 4) is 0 Å². The van der Waals surface area contributed by atoms with Crippen molar-refractivity contribution in [1.82, 2.24) is 10.2 Å². The molecule has 1 amide bonds. The molecular weight excluding hydrogens is 272 g/mol. The Hall–Kier alpha value is -1.06. The minimum atomic E-state index is 0.0499. The molecule has 2 rings (SSSR count). The number of carbonyl (C=O) groups is 1. The monoisotopic (exact) mass is 294 g/mol. The molecule has 0 aromatic heterocycles. The number of benzene rings is 1. The highest BCUT2D eigenvalue weighted by atomic mass is 35.5. The zero-order chi connectivity index (χ0) is 14.5. The Kier molecular flexibility index (Phi) is 5.44. The second-order valence-electron chi connectivity index (χ2n) is 5.83. The normalized spacial score (nSPS) is 20.1. The van der Waals surface area contributed by atoms with Gasteiger partial charge >= 0.3 is 0 Å². The lowest BCUT2D eigenvalue weighted by Gasteiger charge is -2.33. The molecule has 0 radical (unpaired) electrons. The van der Waals surface area contributed by atoms with Gasteiger partial charge in [0.1, 0.15) is 0 Å². The second kappa shape index (κ2) is 7.09. The third-order valence-electron chi connectivity index (χ3n) is 3.73. The number of nitrogens with one attached hydrogen (secondary N) is 1. The van der Waals surface area contributed by atoms with Gasteiger partial charge in [0.25, 0.3) is 0 Å². The number of nitrogens with zero attached hydrogens (tertiary/aromatic N) is 1. The minimum absolute atomic E-state index is 0.0499. The average molecular weight is 295 g/mol. The van der Waals surface area contributed by atoms with Crippen molar-refractivity contribution < 1.29 is 4.79 Å². The molecule has 20 heavy (non-hydrogen) atoms. The van der Waals surface area contributed by atoms with Crippen LogP contribution < -0.4 is 5.32 Å². The van der Waals surface area contributed by atoms with Crippen LogP contribution in [0.25, 0.3) is 0 Å². The molecule has 3 nitrogen and oxygen atoms in total. The standard InChI is InChI=1S/C16H23ClN2O/c1-12(2)16(20)18-14-7-5-9-19(11-14)10-13-6-3-4-8-15(13)17/h3-4,6,8,12,14H,5,7,9-11H2,1-2H3,(H,18,20). The molecule has 1 aliphatic rings. The van der Waals surface area contributed by atoms with E-state index in [2.05, 4.69) is 16.3 Å². The van der Waals surface area contributed by atoms with Crippen molar-refractivity contribution >= 4 is 17.5 Å². The first kappa shape index (κ1) is 15.3. The molecule has 0 aliphatic carbocycles. The van der Waals surface area contributed by atoms with E-state index in [9.17, 15) is 4.79 Å². The van der Waals surface area contributed by atoms with Crippen molar-refractivity contribution in [2.45, 2.75) is 39.3 Å². The molecule has 0 saturated carbocycles. The lowest BCUT2D eigenvalue weighted by atomic mass is 10.0. The van der Waals surface area contributed by atoms with Crippen molar-refractivity contribution in [2.75, 3.05) is 13.1 Å². The van der Waals surface area contributed by atoms with Crippen LogP contribution in [-0.2, 0) is 11.3 Å². The summed E-state index contributed by atoms with van der Waals surface area (Å²) < 4.78 is 0. The first-order valence-electron chi connectivity index (χ1n) is 7.32. The van der Waals surface area contributed by atoms with Crippen LogP contribution in [0.5, 0.6) is 0 Å². The first-order valence-corrected chi connectivity index (χ1v) is 7.70. The summed E-state index contributed by atoms with van der Waals surface area (Å²) in [6.07, 6.45) is 2.19. The molecule has 0 spiro atoms. The van der Waals surface area contributed by atoms with Crippen LogP contribution in [0.3, 0.4) is 0 Å². The Morgan fingerprint density at radius 3 is 2.90 bits per heavy atom. The van der Waals surface area contributed by atoms with Crippen molar-refractivity contribution in [1.29, 1.82) is 0 Å².